The summed E-state index contributed by atoms with van der Waals surface area (Å²) in [4.78, 5) is 0. The van der Waals surface area contributed by atoms with E-state index in [4.69, 9.17) is 10.0 Å². The molecule has 76 valence electrons. The summed E-state index contributed by atoms with van der Waals surface area (Å²) in [6.45, 7) is 2.04. The molecule has 1 heterocycles. The maximum atomic E-state index is 8.99. The van der Waals surface area contributed by atoms with E-state index in [2.05, 4.69) is 0 Å². The van der Waals surface area contributed by atoms with Gasteiger partial charge in [-0.1, -0.05) is 29.8 Å². The van der Waals surface area contributed by atoms with Gasteiger partial charge in [-0.05, 0) is 29.5 Å². The zero-order chi connectivity index (χ0) is 10.8. The minimum Gasteiger partial charge on any atom is -0.423 e. The molecule has 0 radical (unpaired) electrons. The number of thiophene rings is 1. The van der Waals surface area contributed by atoms with Gasteiger partial charge in [-0.2, -0.15) is 11.3 Å². The molecule has 15 heavy (non-hydrogen) atoms. The molecule has 0 atom stereocenters. The predicted molar refractivity (Wildman–Crippen MR) is 64.3 cm³/mol. The molecule has 0 spiro atoms. The summed E-state index contributed by atoms with van der Waals surface area (Å²) in [7, 11) is -1.37. The lowest BCUT2D eigenvalue weighted by Gasteiger charge is -1.97. The van der Waals surface area contributed by atoms with Crippen molar-refractivity contribution >= 4 is 23.2 Å². The van der Waals surface area contributed by atoms with Gasteiger partial charge in [0.2, 0.25) is 0 Å². The van der Waals surface area contributed by atoms with Gasteiger partial charge in [-0.15, -0.1) is 0 Å². The topological polar surface area (TPSA) is 40.5 Å². The molecule has 0 aliphatic carbocycles. The molecule has 2 nitrogen and oxygen atoms in total. The molecular formula is C11H11BO2S. The van der Waals surface area contributed by atoms with Gasteiger partial charge in [0.25, 0.3) is 0 Å². The molecule has 0 saturated heterocycles. The maximum Gasteiger partial charge on any atom is 0.499 e. The first-order chi connectivity index (χ1) is 7.16. The minimum atomic E-state index is -1.37. The monoisotopic (exact) mass is 218 g/mol. The van der Waals surface area contributed by atoms with Gasteiger partial charge >= 0.3 is 7.12 Å². The van der Waals surface area contributed by atoms with E-state index in [1.807, 2.05) is 36.6 Å². The van der Waals surface area contributed by atoms with Crippen LogP contribution >= 0.6 is 11.3 Å². The molecule has 0 fully saturated rings. The molecule has 0 aliphatic heterocycles. The minimum absolute atomic E-state index is 0.575. The Morgan fingerprint density at radius 3 is 2.27 bits per heavy atom. The molecule has 0 bridgehead atoms. The van der Waals surface area contributed by atoms with Crippen LogP contribution in [0.2, 0.25) is 0 Å². The predicted octanol–water partition coefficient (Wildman–Crippen LogP) is 1.40. The van der Waals surface area contributed by atoms with E-state index in [-0.39, 0.29) is 0 Å². The average molecular weight is 218 g/mol. The fraction of sp³-hybridized carbons (Fsp3) is 0.0909. The van der Waals surface area contributed by atoms with Crippen molar-refractivity contribution < 1.29 is 10.0 Å². The highest BCUT2D eigenvalue weighted by Crippen LogP contribution is 2.21. The highest BCUT2D eigenvalue weighted by atomic mass is 32.1. The lowest BCUT2D eigenvalue weighted by Crippen LogP contribution is -2.26. The number of hydrogen-bond donors (Lipinski definition) is 2. The van der Waals surface area contributed by atoms with Gasteiger partial charge in [0.1, 0.15) is 0 Å². The van der Waals surface area contributed by atoms with Gasteiger partial charge < -0.3 is 10.0 Å². The van der Waals surface area contributed by atoms with Crippen molar-refractivity contribution in [3.63, 3.8) is 0 Å². The number of aryl methyl sites for hydroxylation is 1. The average Bonchev–Trinajstić information content (AvgIpc) is 2.68. The highest BCUT2D eigenvalue weighted by Gasteiger charge is 2.13. The van der Waals surface area contributed by atoms with Gasteiger partial charge in [0, 0.05) is 4.78 Å². The van der Waals surface area contributed by atoms with Gasteiger partial charge in [-0.3, -0.25) is 0 Å². The van der Waals surface area contributed by atoms with E-state index in [9.17, 15) is 0 Å². The normalized spacial score (nSPS) is 10.3. The molecule has 1 aromatic carbocycles. The standard InChI is InChI=1S/C11H11BO2S/c1-8-2-4-9(5-3-8)10-6-11(12(13)14)15-7-10/h2-7,13-14H,1H3. The van der Waals surface area contributed by atoms with E-state index in [0.717, 1.165) is 11.1 Å². The van der Waals surface area contributed by atoms with Crippen molar-refractivity contribution in [2.24, 2.45) is 0 Å². The van der Waals surface area contributed by atoms with Crippen LogP contribution in [0.3, 0.4) is 0 Å². The van der Waals surface area contributed by atoms with Crippen LogP contribution in [-0.4, -0.2) is 17.2 Å². The maximum absolute atomic E-state index is 8.99. The Morgan fingerprint density at radius 1 is 1.07 bits per heavy atom. The second-order valence-electron chi connectivity index (χ2n) is 3.48. The molecule has 2 rings (SSSR count). The molecule has 0 saturated carbocycles. The molecular weight excluding hydrogens is 207 g/mol. The molecule has 0 amide bonds. The Balaban J connectivity index is 2.33. The summed E-state index contributed by atoms with van der Waals surface area (Å²) < 4.78 is 0.575. The summed E-state index contributed by atoms with van der Waals surface area (Å²) in [6, 6.07) is 9.96. The number of hydrogen-bond acceptors (Lipinski definition) is 3. The van der Waals surface area contributed by atoms with Crippen LogP contribution in [0.5, 0.6) is 0 Å². The lowest BCUT2D eigenvalue weighted by molar-refractivity contribution is 0.427. The first kappa shape index (κ1) is 10.4. The Hall–Kier alpha value is -1.10. The summed E-state index contributed by atoms with van der Waals surface area (Å²) in [6.07, 6.45) is 0. The second-order valence-corrected chi connectivity index (χ2v) is 4.42. The van der Waals surface area contributed by atoms with E-state index in [1.54, 1.807) is 6.07 Å². The fourth-order valence-corrected chi connectivity index (χ4v) is 2.17. The Labute approximate surface area is 93.0 Å². The van der Waals surface area contributed by atoms with Gasteiger partial charge in [-0.25, -0.2) is 0 Å². The molecule has 0 aliphatic rings. The van der Waals surface area contributed by atoms with Crippen molar-refractivity contribution in [2.75, 3.05) is 0 Å². The Kier molecular flexibility index (Phi) is 2.91. The summed E-state index contributed by atoms with van der Waals surface area (Å²) in [5.41, 5.74) is 3.35. The third kappa shape index (κ3) is 2.29. The van der Waals surface area contributed by atoms with E-state index >= 15 is 0 Å². The second kappa shape index (κ2) is 4.19. The number of benzene rings is 1. The van der Waals surface area contributed by atoms with Crippen LogP contribution < -0.4 is 4.78 Å². The van der Waals surface area contributed by atoms with Crippen LogP contribution in [-0.2, 0) is 0 Å². The van der Waals surface area contributed by atoms with Gasteiger partial charge in [0.15, 0.2) is 0 Å². The van der Waals surface area contributed by atoms with Crippen LogP contribution in [0.4, 0.5) is 0 Å². The Morgan fingerprint density at radius 2 is 1.73 bits per heavy atom. The van der Waals surface area contributed by atoms with Crippen molar-refractivity contribution in [3.05, 3.63) is 41.3 Å². The highest BCUT2D eigenvalue weighted by molar-refractivity contribution is 7.20. The SMILES string of the molecule is Cc1ccc(-c2csc(B(O)O)c2)cc1. The summed E-state index contributed by atoms with van der Waals surface area (Å²) >= 11 is 1.36. The van der Waals surface area contributed by atoms with Gasteiger partial charge in [0.05, 0.1) is 0 Å². The van der Waals surface area contributed by atoms with Crippen LogP contribution in [0.1, 0.15) is 5.56 Å². The summed E-state index contributed by atoms with van der Waals surface area (Å²) in [5, 5.41) is 19.9. The van der Waals surface area contributed by atoms with E-state index < -0.39 is 7.12 Å². The largest absolute Gasteiger partial charge is 0.499 e. The zero-order valence-corrected chi connectivity index (χ0v) is 9.16. The quantitative estimate of drug-likeness (QED) is 0.748. The van der Waals surface area contributed by atoms with Crippen LogP contribution in [0.25, 0.3) is 11.1 Å². The number of rotatable bonds is 2. The molecule has 1 aromatic heterocycles. The van der Waals surface area contributed by atoms with Crippen molar-refractivity contribution in [2.45, 2.75) is 6.92 Å². The van der Waals surface area contributed by atoms with Crippen LogP contribution in [0, 0.1) is 6.92 Å². The first-order valence-electron chi connectivity index (χ1n) is 4.68. The van der Waals surface area contributed by atoms with Crippen molar-refractivity contribution in [1.82, 2.24) is 0 Å². The van der Waals surface area contributed by atoms with Crippen molar-refractivity contribution in [1.29, 1.82) is 0 Å². The van der Waals surface area contributed by atoms with Crippen LogP contribution in [0.15, 0.2) is 35.7 Å². The van der Waals surface area contributed by atoms with Crippen molar-refractivity contribution in [3.8, 4) is 11.1 Å². The molecule has 0 unspecified atom stereocenters. The first-order valence-corrected chi connectivity index (χ1v) is 5.56. The third-order valence-corrected chi connectivity index (χ3v) is 3.23. The smallest absolute Gasteiger partial charge is 0.423 e. The molecule has 2 N–H and O–H groups in total. The van der Waals surface area contributed by atoms with E-state index in [0.29, 0.717) is 4.78 Å². The zero-order valence-electron chi connectivity index (χ0n) is 8.34. The fourth-order valence-electron chi connectivity index (χ4n) is 1.39. The molecule has 2 aromatic rings. The third-order valence-electron chi connectivity index (χ3n) is 2.26. The lowest BCUT2D eigenvalue weighted by atomic mass is 9.88. The Bertz CT molecular complexity index is 448. The van der Waals surface area contributed by atoms with E-state index in [1.165, 1.54) is 16.9 Å². The molecule has 4 heteroatoms. The summed E-state index contributed by atoms with van der Waals surface area (Å²) in [5.74, 6) is 0.